The number of hydrogen-bond donors (Lipinski definition) is 2. The number of ether oxygens (including phenoxy) is 1. The number of amides is 1. The highest BCUT2D eigenvalue weighted by Crippen LogP contribution is 2.41. The Morgan fingerprint density at radius 3 is 2.74 bits per heavy atom. The average molecular weight is 543 g/mol. The maximum absolute atomic E-state index is 12.7. The van der Waals surface area contributed by atoms with E-state index in [-0.39, 0.29) is 35.3 Å². The molecule has 7 heteroatoms. The van der Waals surface area contributed by atoms with E-state index in [2.05, 4.69) is 29.7 Å². The highest BCUT2D eigenvalue weighted by molar-refractivity contribution is 14.0. The van der Waals surface area contributed by atoms with E-state index in [1.807, 2.05) is 17.0 Å². The summed E-state index contributed by atoms with van der Waals surface area (Å²) in [6.07, 6.45) is 8.47. The number of anilines is 1. The van der Waals surface area contributed by atoms with Crippen molar-refractivity contribution in [3.05, 3.63) is 29.8 Å². The second kappa shape index (κ2) is 13.3. The predicted molar refractivity (Wildman–Crippen MR) is 139 cm³/mol. The lowest BCUT2D eigenvalue weighted by molar-refractivity contribution is -0.118. The van der Waals surface area contributed by atoms with E-state index in [9.17, 15) is 4.79 Å². The summed E-state index contributed by atoms with van der Waals surface area (Å²) in [4.78, 5) is 19.5. The summed E-state index contributed by atoms with van der Waals surface area (Å²) in [5, 5.41) is 6.77. The molecule has 1 heterocycles. The van der Waals surface area contributed by atoms with Gasteiger partial charge in [-0.05, 0) is 56.1 Å². The quantitative estimate of drug-likeness (QED) is 0.202. The third kappa shape index (κ3) is 7.34. The fraction of sp³-hybridized carbons (Fsp3) is 0.667. The van der Waals surface area contributed by atoms with Crippen LogP contribution in [-0.2, 0) is 16.0 Å². The van der Waals surface area contributed by atoms with Crippen LogP contribution in [-0.4, -0.2) is 51.8 Å². The van der Waals surface area contributed by atoms with E-state index in [0.29, 0.717) is 6.42 Å². The van der Waals surface area contributed by atoms with Crippen LogP contribution < -0.4 is 15.5 Å². The van der Waals surface area contributed by atoms with Crippen molar-refractivity contribution >= 4 is 41.5 Å². The molecule has 2 N–H and O–H groups in total. The number of nitrogens with one attached hydrogen (secondary N) is 2. The van der Waals surface area contributed by atoms with Gasteiger partial charge in [0.1, 0.15) is 0 Å². The number of fused-ring (bicyclic) bond motifs is 1. The van der Waals surface area contributed by atoms with Crippen LogP contribution in [0.15, 0.2) is 29.3 Å². The van der Waals surface area contributed by atoms with Crippen LogP contribution in [0.1, 0.15) is 57.4 Å². The van der Waals surface area contributed by atoms with E-state index in [1.165, 1.54) is 31.2 Å². The molecular weight excluding hydrogens is 503 g/mol. The van der Waals surface area contributed by atoms with Crippen molar-refractivity contribution in [2.24, 2.45) is 10.4 Å². The zero-order valence-corrected chi connectivity index (χ0v) is 21.5. The first-order chi connectivity index (χ1) is 14.7. The van der Waals surface area contributed by atoms with Crippen LogP contribution in [0.2, 0.25) is 0 Å². The number of para-hydroxylation sites is 1. The molecule has 0 atom stereocenters. The Morgan fingerprint density at radius 2 is 2.00 bits per heavy atom. The van der Waals surface area contributed by atoms with Crippen molar-refractivity contribution in [2.75, 3.05) is 44.8 Å². The van der Waals surface area contributed by atoms with Crippen molar-refractivity contribution in [1.29, 1.82) is 0 Å². The highest BCUT2D eigenvalue weighted by Gasteiger charge is 2.33. The molecule has 1 amide bonds. The molecule has 0 bridgehead atoms. The summed E-state index contributed by atoms with van der Waals surface area (Å²) in [7, 11) is 1.78. The third-order valence-electron chi connectivity index (χ3n) is 6.47. The Hall–Kier alpha value is -1.35. The van der Waals surface area contributed by atoms with Crippen LogP contribution in [0.25, 0.3) is 0 Å². The lowest BCUT2D eigenvalue weighted by Crippen LogP contribution is -2.39. The minimum Gasteiger partial charge on any atom is -0.385 e. The molecule has 0 spiro atoms. The monoisotopic (exact) mass is 542 g/mol. The van der Waals surface area contributed by atoms with Gasteiger partial charge in [-0.2, -0.15) is 0 Å². The number of carbonyl (C=O) groups is 1. The first-order valence-electron chi connectivity index (χ1n) is 11.6. The van der Waals surface area contributed by atoms with Gasteiger partial charge in [0.05, 0.1) is 0 Å². The second-order valence-corrected chi connectivity index (χ2v) is 8.60. The van der Waals surface area contributed by atoms with Gasteiger partial charge in [0.25, 0.3) is 0 Å². The van der Waals surface area contributed by atoms with Gasteiger partial charge in [-0.25, -0.2) is 0 Å². The SMILES string of the molecule is CCNC(=NCC1(CCOC)CCCC1)NCCCC(=O)N1CCc2ccccc21.I. The second-order valence-electron chi connectivity index (χ2n) is 8.60. The van der Waals surface area contributed by atoms with Gasteiger partial charge in [-0.3, -0.25) is 9.79 Å². The number of methoxy groups -OCH3 is 1. The molecule has 1 aromatic carbocycles. The molecule has 6 nitrogen and oxygen atoms in total. The van der Waals surface area contributed by atoms with Crippen molar-refractivity contribution in [2.45, 2.75) is 58.3 Å². The molecule has 2 aliphatic rings. The molecule has 0 aromatic heterocycles. The normalized spacial score (nSPS) is 17.2. The standard InChI is InChI=1S/C24H38N4O2.HI/c1-3-25-23(27-19-24(15-18-30-2)13-6-7-14-24)26-16-8-11-22(29)28-17-12-20-9-4-5-10-21(20)28;/h4-5,9-10H,3,6-8,11-19H2,1-2H3,(H2,25,26,27);1H. The molecule has 0 saturated heterocycles. The van der Waals surface area contributed by atoms with Crippen LogP contribution in [0.3, 0.4) is 0 Å². The lowest BCUT2D eigenvalue weighted by Gasteiger charge is -2.27. The first kappa shape index (κ1) is 25.9. The van der Waals surface area contributed by atoms with E-state index in [4.69, 9.17) is 9.73 Å². The Kier molecular flexibility index (Phi) is 11.1. The summed E-state index contributed by atoms with van der Waals surface area (Å²) < 4.78 is 5.33. The Labute approximate surface area is 204 Å². The van der Waals surface area contributed by atoms with Gasteiger partial charge in [-0.1, -0.05) is 31.0 Å². The summed E-state index contributed by atoms with van der Waals surface area (Å²) in [6.45, 7) is 6.12. The zero-order valence-electron chi connectivity index (χ0n) is 19.1. The third-order valence-corrected chi connectivity index (χ3v) is 6.47. The van der Waals surface area contributed by atoms with Gasteiger partial charge in [-0.15, -0.1) is 24.0 Å². The number of carbonyl (C=O) groups excluding carboxylic acids is 1. The molecule has 3 rings (SSSR count). The van der Waals surface area contributed by atoms with E-state index in [1.54, 1.807) is 7.11 Å². The molecule has 1 fully saturated rings. The van der Waals surface area contributed by atoms with Gasteiger partial charge in [0.2, 0.25) is 5.91 Å². The maximum atomic E-state index is 12.7. The average Bonchev–Trinajstić information content (AvgIpc) is 3.41. The minimum atomic E-state index is 0. The highest BCUT2D eigenvalue weighted by atomic mass is 127. The smallest absolute Gasteiger partial charge is 0.227 e. The molecule has 1 aromatic rings. The molecular formula is C24H39IN4O2. The molecule has 31 heavy (non-hydrogen) atoms. The predicted octanol–water partition coefficient (Wildman–Crippen LogP) is 4.13. The van der Waals surface area contributed by atoms with Crippen molar-refractivity contribution in [1.82, 2.24) is 10.6 Å². The minimum absolute atomic E-state index is 0. The van der Waals surface area contributed by atoms with E-state index in [0.717, 1.165) is 63.7 Å². The van der Waals surface area contributed by atoms with Crippen molar-refractivity contribution < 1.29 is 9.53 Å². The van der Waals surface area contributed by atoms with Crippen molar-refractivity contribution in [3.63, 3.8) is 0 Å². The topological polar surface area (TPSA) is 66.0 Å². The van der Waals surface area contributed by atoms with Gasteiger partial charge >= 0.3 is 0 Å². The Bertz CT molecular complexity index is 719. The van der Waals surface area contributed by atoms with E-state index >= 15 is 0 Å². The van der Waals surface area contributed by atoms with Crippen LogP contribution in [0.5, 0.6) is 0 Å². The summed E-state index contributed by atoms with van der Waals surface area (Å²) >= 11 is 0. The summed E-state index contributed by atoms with van der Waals surface area (Å²) in [5.74, 6) is 1.08. The van der Waals surface area contributed by atoms with Crippen LogP contribution in [0, 0.1) is 5.41 Å². The first-order valence-corrected chi connectivity index (χ1v) is 11.6. The van der Waals surface area contributed by atoms with Crippen LogP contribution in [0.4, 0.5) is 5.69 Å². The molecule has 1 saturated carbocycles. The van der Waals surface area contributed by atoms with Gasteiger partial charge in [0, 0.05) is 52.0 Å². The molecule has 0 unspecified atom stereocenters. The van der Waals surface area contributed by atoms with Crippen molar-refractivity contribution in [3.8, 4) is 0 Å². The Balaban J connectivity index is 0.00000341. The zero-order chi connectivity index (χ0) is 21.2. The number of halogens is 1. The molecule has 0 radical (unpaired) electrons. The summed E-state index contributed by atoms with van der Waals surface area (Å²) in [5.41, 5.74) is 2.65. The molecule has 1 aliphatic carbocycles. The fourth-order valence-corrected chi connectivity index (χ4v) is 4.70. The maximum Gasteiger partial charge on any atom is 0.227 e. The number of guanidine groups is 1. The Morgan fingerprint density at radius 1 is 1.23 bits per heavy atom. The number of hydrogen-bond acceptors (Lipinski definition) is 3. The molecule has 174 valence electrons. The van der Waals surface area contributed by atoms with Gasteiger partial charge in [0.15, 0.2) is 5.96 Å². The fourth-order valence-electron chi connectivity index (χ4n) is 4.70. The largest absolute Gasteiger partial charge is 0.385 e. The van der Waals surface area contributed by atoms with Crippen LogP contribution >= 0.6 is 24.0 Å². The number of benzene rings is 1. The number of nitrogens with zero attached hydrogens (tertiary/aromatic N) is 2. The van der Waals surface area contributed by atoms with Gasteiger partial charge < -0.3 is 20.3 Å². The lowest BCUT2D eigenvalue weighted by atomic mass is 9.83. The number of aliphatic imine (C=N–C) groups is 1. The number of rotatable bonds is 10. The van der Waals surface area contributed by atoms with E-state index < -0.39 is 0 Å². The summed E-state index contributed by atoms with van der Waals surface area (Å²) in [6, 6.07) is 8.22. The molecule has 1 aliphatic heterocycles.